The molecule has 1 aliphatic rings. The molecule has 2 rings (SSSR count). The molecule has 2 heteroatoms. The van der Waals surface area contributed by atoms with Crippen LogP contribution in [0.25, 0.3) is 0 Å². The van der Waals surface area contributed by atoms with Gasteiger partial charge in [-0.2, -0.15) is 0 Å². The lowest BCUT2D eigenvalue weighted by atomic mass is 10.0. The average Bonchev–Trinajstić information content (AvgIpc) is 2.23. The van der Waals surface area contributed by atoms with Crippen LogP contribution in [-0.2, 0) is 6.54 Å². The Bertz CT molecular complexity index is 271. The van der Waals surface area contributed by atoms with Gasteiger partial charge in [0.15, 0.2) is 0 Å². The molecule has 0 amide bonds. The SMILES string of the molecule is C[C@H]1CCCCN1Cc1cccnc1. The maximum Gasteiger partial charge on any atom is 0.0312 e. The van der Waals surface area contributed by atoms with Crippen molar-refractivity contribution in [2.24, 2.45) is 0 Å². The number of hydrogen-bond donors (Lipinski definition) is 0. The molecule has 0 unspecified atom stereocenters. The van der Waals surface area contributed by atoms with Crippen LogP contribution in [0.5, 0.6) is 0 Å². The van der Waals surface area contributed by atoms with Crippen LogP contribution in [0.1, 0.15) is 31.7 Å². The third-order valence-corrected chi connectivity index (χ3v) is 3.05. The monoisotopic (exact) mass is 190 g/mol. The molecule has 0 spiro atoms. The van der Waals surface area contributed by atoms with Crippen molar-refractivity contribution in [1.29, 1.82) is 0 Å². The Balaban J connectivity index is 1.96. The predicted molar refractivity (Wildman–Crippen MR) is 58.0 cm³/mol. The topological polar surface area (TPSA) is 16.1 Å². The van der Waals surface area contributed by atoms with Crippen molar-refractivity contribution >= 4 is 0 Å². The lowest BCUT2D eigenvalue weighted by molar-refractivity contribution is 0.152. The summed E-state index contributed by atoms with van der Waals surface area (Å²) in [6.45, 7) is 4.64. The highest BCUT2D eigenvalue weighted by atomic mass is 15.2. The smallest absolute Gasteiger partial charge is 0.0312 e. The molecule has 0 bridgehead atoms. The number of rotatable bonds is 2. The van der Waals surface area contributed by atoms with E-state index >= 15 is 0 Å². The summed E-state index contributed by atoms with van der Waals surface area (Å²) in [5.41, 5.74) is 1.33. The third-order valence-electron chi connectivity index (χ3n) is 3.05. The van der Waals surface area contributed by atoms with Crippen molar-refractivity contribution in [1.82, 2.24) is 9.88 Å². The van der Waals surface area contributed by atoms with Gasteiger partial charge in [-0.15, -0.1) is 0 Å². The van der Waals surface area contributed by atoms with Crippen LogP contribution in [0.4, 0.5) is 0 Å². The molecule has 2 nitrogen and oxygen atoms in total. The predicted octanol–water partition coefficient (Wildman–Crippen LogP) is 2.46. The van der Waals surface area contributed by atoms with Gasteiger partial charge in [0.1, 0.15) is 0 Å². The number of likely N-dealkylation sites (tertiary alicyclic amines) is 1. The van der Waals surface area contributed by atoms with Crippen LogP contribution in [0, 0.1) is 0 Å². The molecule has 1 aromatic rings. The Morgan fingerprint density at radius 2 is 2.43 bits per heavy atom. The Morgan fingerprint density at radius 1 is 1.50 bits per heavy atom. The normalized spacial score (nSPS) is 23.6. The van der Waals surface area contributed by atoms with E-state index in [4.69, 9.17) is 0 Å². The van der Waals surface area contributed by atoms with E-state index in [0.717, 1.165) is 12.6 Å². The fourth-order valence-corrected chi connectivity index (χ4v) is 2.12. The van der Waals surface area contributed by atoms with Gasteiger partial charge in [0.25, 0.3) is 0 Å². The highest BCUT2D eigenvalue weighted by Gasteiger charge is 2.17. The minimum Gasteiger partial charge on any atom is -0.296 e. The molecule has 2 heterocycles. The fourth-order valence-electron chi connectivity index (χ4n) is 2.12. The molecule has 76 valence electrons. The second-order valence-corrected chi connectivity index (χ2v) is 4.18. The van der Waals surface area contributed by atoms with Crippen molar-refractivity contribution < 1.29 is 0 Å². The first kappa shape index (κ1) is 9.66. The second-order valence-electron chi connectivity index (χ2n) is 4.18. The highest BCUT2D eigenvalue weighted by molar-refractivity contribution is 5.08. The molecule has 1 fully saturated rings. The summed E-state index contributed by atoms with van der Waals surface area (Å²) in [5, 5.41) is 0. The van der Waals surface area contributed by atoms with Gasteiger partial charge >= 0.3 is 0 Å². The standard InChI is InChI=1S/C12H18N2/c1-11-5-2-3-8-14(11)10-12-6-4-7-13-9-12/h4,6-7,9,11H,2-3,5,8,10H2,1H3/t11-/m0/s1. The molecule has 0 aliphatic carbocycles. The zero-order valence-electron chi connectivity index (χ0n) is 8.82. The van der Waals surface area contributed by atoms with Gasteiger partial charge in [-0.25, -0.2) is 0 Å². The Hall–Kier alpha value is -0.890. The van der Waals surface area contributed by atoms with Gasteiger partial charge < -0.3 is 0 Å². The first-order chi connectivity index (χ1) is 6.86. The first-order valence-electron chi connectivity index (χ1n) is 5.49. The molecule has 0 radical (unpaired) electrons. The lowest BCUT2D eigenvalue weighted by Gasteiger charge is -2.33. The van der Waals surface area contributed by atoms with Crippen LogP contribution in [-0.4, -0.2) is 22.5 Å². The van der Waals surface area contributed by atoms with Crippen LogP contribution in [0.2, 0.25) is 0 Å². The number of pyridine rings is 1. The molecular weight excluding hydrogens is 172 g/mol. The maximum absolute atomic E-state index is 4.15. The summed E-state index contributed by atoms with van der Waals surface area (Å²) in [5.74, 6) is 0. The van der Waals surface area contributed by atoms with Crippen molar-refractivity contribution in [2.45, 2.75) is 38.8 Å². The van der Waals surface area contributed by atoms with Gasteiger partial charge in [0.2, 0.25) is 0 Å². The minimum atomic E-state index is 0.740. The Kier molecular flexibility index (Phi) is 3.14. The zero-order chi connectivity index (χ0) is 9.80. The first-order valence-corrected chi connectivity index (χ1v) is 5.49. The highest BCUT2D eigenvalue weighted by Crippen LogP contribution is 2.18. The quantitative estimate of drug-likeness (QED) is 0.712. The van der Waals surface area contributed by atoms with Gasteiger partial charge in [-0.05, 0) is 37.9 Å². The molecule has 14 heavy (non-hydrogen) atoms. The number of hydrogen-bond acceptors (Lipinski definition) is 2. The van der Waals surface area contributed by atoms with Gasteiger partial charge in [0.05, 0.1) is 0 Å². The lowest BCUT2D eigenvalue weighted by Crippen LogP contribution is -2.36. The molecule has 0 aromatic carbocycles. The van der Waals surface area contributed by atoms with Crippen LogP contribution < -0.4 is 0 Å². The van der Waals surface area contributed by atoms with Crippen LogP contribution in [0.15, 0.2) is 24.5 Å². The molecular formula is C12H18N2. The maximum atomic E-state index is 4.15. The largest absolute Gasteiger partial charge is 0.296 e. The summed E-state index contributed by atoms with van der Waals surface area (Å²) in [6.07, 6.45) is 7.90. The van der Waals surface area contributed by atoms with E-state index in [1.807, 2.05) is 18.5 Å². The van der Waals surface area contributed by atoms with Crippen LogP contribution in [0.3, 0.4) is 0 Å². The van der Waals surface area contributed by atoms with E-state index in [1.54, 1.807) is 0 Å². The number of aromatic nitrogens is 1. The molecule has 1 aliphatic heterocycles. The molecule has 1 aromatic heterocycles. The van der Waals surface area contributed by atoms with Gasteiger partial charge in [0, 0.05) is 25.0 Å². The minimum absolute atomic E-state index is 0.740. The van der Waals surface area contributed by atoms with E-state index in [-0.39, 0.29) is 0 Å². The molecule has 0 saturated carbocycles. The molecule has 1 saturated heterocycles. The van der Waals surface area contributed by atoms with Crippen molar-refractivity contribution in [2.75, 3.05) is 6.54 Å². The Labute approximate surface area is 86.0 Å². The van der Waals surface area contributed by atoms with Gasteiger partial charge in [-0.3, -0.25) is 9.88 Å². The Morgan fingerprint density at radius 3 is 3.14 bits per heavy atom. The zero-order valence-corrected chi connectivity index (χ0v) is 8.82. The summed E-state index contributed by atoms with van der Waals surface area (Å²) < 4.78 is 0. The van der Waals surface area contributed by atoms with Gasteiger partial charge in [-0.1, -0.05) is 12.5 Å². The van der Waals surface area contributed by atoms with E-state index in [9.17, 15) is 0 Å². The number of nitrogens with zero attached hydrogens (tertiary/aromatic N) is 2. The van der Waals surface area contributed by atoms with E-state index in [0.29, 0.717) is 0 Å². The number of piperidine rings is 1. The molecule has 0 N–H and O–H groups in total. The second kappa shape index (κ2) is 4.56. The summed E-state index contributed by atoms with van der Waals surface area (Å²) in [7, 11) is 0. The van der Waals surface area contributed by atoms with E-state index in [2.05, 4.69) is 22.9 Å². The van der Waals surface area contributed by atoms with E-state index in [1.165, 1.54) is 31.4 Å². The van der Waals surface area contributed by atoms with E-state index < -0.39 is 0 Å². The van der Waals surface area contributed by atoms with Crippen molar-refractivity contribution in [3.8, 4) is 0 Å². The van der Waals surface area contributed by atoms with Crippen LogP contribution >= 0.6 is 0 Å². The molecule has 1 atom stereocenters. The third kappa shape index (κ3) is 2.32. The average molecular weight is 190 g/mol. The summed E-state index contributed by atoms with van der Waals surface area (Å²) in [4.78, 5) is 6.70. The van der Waals surface area contributed by atoms with Crippen molar-refractivity contribution in [3.63, 3.8) is 0 Å². The summed E-state index contributed by atoms with van der Waals surface area (Å²) in [6, 6.07) is 4.92. The summed E-state index contributed by atoms with van der Waals surface area (Å²) >= 11 is 0. The fraction of sp³-hybridized carbons (Fsp3) is 0.583. The van der Waals surface area contributed by atoms with Crippen molar-refractivity contribution in [3.05, 3.63) is 30.1 Å².